The second-order valence-corrected chi connectivity index (χ2v) is 10.8. The highest BCUT2D eigenvalue weighted by molar-refractivity contribution is 6.31. The Morgan fingerprint density at radius 2 is 1.71 bits per heavy atom. The quantitative estimate of drug-likeness (QED) is 0.561. The smallest absolute Gasteiger partial charge is 0.272 e. The molecule has 2 aromatic rings. The molecule has 0 radical (unpaired) electrons. The lowest BCUT2D eigenvalue weighted by Gasteiger charge is -2.30. The van der Waals surface area contributed by atoms with Crippen molar-refractivity contribution in [3.8, 4) is 0 Å². The molecule has 0 spiro atoms. The molecule has 1 aromatic heterocycles. The van der Waals surface area contributed by atoms with Crippen LogP contribution in [-0.2, 0) is 11.3 Å². The summed E-state index contributed by atoms with van der Waals surface area (Å²) in [5.41, 5.74) is 2.30. The van der Waals surface area contributed by atoms with Gasteiger partial charge in [-0.15, -0.1) is 0 Å². The van der Waals surface area contributed by atoms with Crippen molar-refractivity contribution in [3.63, 3.8) is 0 Å². The lowest BCUT2D eigenvalue weighted by Crippen LogP contribution is -2.42. The SMILES string of the molecule is CC(C)CC(=O)N1CCCN(C(C)C)CCN(C(=O)c2ccnn2C(C)C)Cc2ccc(Cl)cc21. The fourth-order valence-electron chi connectivity index (χ4n) is 4.59. The van der Waals surface area contributed by atoms with E-state index >= 15 is 0 Å². The molecule has 35 heavy (non-hydrogen) atoms. The summed E-state index contributed by atoms with van der Waals surface area (Å²) in [4.78, 5) is 33.3. The van der Waals surface area contributed by atoms with Crippen LogP contribution < -0.4 is 4.90 Å². The number of fused-ring (bicyclic) bond motifs is 1. The van der Waals surface area contributed by atoms with Crippen molar-refractivity contribution in [1.29, 1.82) is 0 Å². The number of hydrogen-bond donors (Lipinski definition) is 0. The molecule has 0 aliphatic carbocycles. The maximum absolute atomic E-state index is 13.8. The summed E-state index contributed by atoms with van der Waals surface area (Å²) in [7, 11) is 0. The average molecular weight is 502 g/mol. The van der Waals surface area contributed by atoms with E-state index in [0.29, 0.717) is 42.8 Å². The van der Waals surface area contributed by atoms with Gasteiger partial charge in [-0.3, -0.25) is 19.2 Å². The van der Waals surface area contributed by atoms with Crippen LogP contribution >= 0.6 is 11.6 Å². The number of rotatable bonds is 5. The fourth-order valence-corrected chi connectivity index (χ4v) is 4.75. The first-order valence-electron chi connectivity index (χ1n) is 12.7. The van der Waals surface area contributed by atoms with Gasteiger partial charge in [0.1, 0.15) is 5.69 Å². The summed E-state index contributed by atoms with van der Waals surface area (Å²) in [6.07, 6.45) is 3.00. The highest BCUT2D eigenvalue weighted by Crippen LogP contribution is 2.29. The summed E-state index contributed by atoms with van der Waals surface area (Å²) in [5, 5.41) is 4.96. The van der Waals surface area contributed by atoms with Gasteiger partial charge in [0.2, 0.25) is 5.91 Å². The Balaban J connectivity index is 2.05. The molecule has 0 atom stereocenters. The molecule has 2 heterocycles. The van der Waals surface area contributed by atoms with Gasteiger partial charge in [0.15, 0.2) is 0 Å². The number of nitrogens with zero attached hydrogens (tertiary/aromatic N) is 5. The minimum atomic E-state index is -0.0555. The molecule has 0 fully saturated rings. The van der Waals surface area contributed by atoms with E-state index in [1.54, 1.807) is 16.9 Å². The van der Waals surface area contributed by atoms with Crippen LogP contribution in [0.1, 0.15) is 76.5 Å². The number of hydrogen-bond acceptors (Lipinski definition) is 4. The normalized spacial score (nSPS) is 16.1. The second-order valence-electron chi connectivity index (χ2n) is 10.4. The van der Waals surface area contributed by atoms with Crippen molar-refractivity contribution in [3.05, 3.63) is 46.7 Å². The van der Waals surface area contributed by atoms with Gasteiger partial charge in [-0.2, -0.15) is 5.10 Å². The molecule has 0 N–H and O–H groups in total. The van der Waals surface area contributed by atoms with Crippen LogP contribution in [0.15, 0.2) is 30.5 Å². The highest BCUT2D eigenvalue weighted by atomic mass is 35.5. The molecular formula is C27H40ClN5O2. The summed E-state index contributed by atoms with van der Waals surface area (Å²) < 4.78 is 1.77. The van der Waals surface area contributed by atoms with Gasteiger partial charge in [-0.25, -0.2) is 0 Å². The zero-order valence-corrected chi connectivity index (χ0v) is 22.8. The second kappa shape index (κ2) is 12.0. The van der Waals surface area contributed by atoms with E-state index in [-0.39, 0.29) is 23.8 Å². The van der Waals surface area contributed by atoms with E-state index in [0.717, 1.165) is 30.8 Å². The summed E-state index contributed by atoms with van der Waals surface area (Å²) in [6, 6.07) is 7.86. The van der Waals surface area contributed by atoms with E-state index in [2.05, 4.69) is 37.7 Å². The molecule has 3 rings (SSSR count). The predicted molar refractivity (Wildman–Crippen MR) is 142 cm³/mol. The largest absolute Gasteiger partial charge is 0.332 e. The Hall–Kier alpha value is -2.38. The van der Waals surface area contributed by atoms with Gasteiger partial charge in [-0.05, 0) is 63.8 Å². The molecule has 8 heteroatoms. The van der Waals surface area contributed by atoms with Gasteiger partial charge < -0.3 is 9.80 Å². The molecule has 1 aliphatic heterocycles. The Bertz CT molecular complexity index is 1020. The van der Waals surface area contributed by atoms with Crippen LogP contribution in [0.2, 0.25) is 5.02 Å². The first-order chi connectivity index (χ1) is 16.6. The van der Waals surface area contributed by atoms with E-state index < -0.39 is 0 Å². The van der Waals surface area contributed by atoms with Crippen LogP contribution in [0.25, 0.3) is 0 Å². The van der Waals surface area contributed by atoms with Crippen molar-refractivity contribution in [2.75, 3.05) is 31.1 Å². The molecule has 7 nitrogen and oxygen atoms in total. The third-order valence-corrected chi connectivity index (χ3v) is 6.70. The van der Waals surface area contributed by atoms with Crippen molar-refractivity contribution < 1.29 is 9.59 Å². The van der Waals surface area contributed by atoms with E-state index in [1.807, 2.05) is 41.8 Å². The Labute approximate surface area is 215 Å². The van der Waals surface area contributed by atoms with E-state index in [4.69, 9.17) is 11.6 Å². The lowest BCUT2D eigenvalue weighted by atomic mass is 10.1. The van der Waals surface area contributed by atoms with Crippen molar-refractivity contribution in [2.45, 2.75) is 73.0 Å². The van der Waals surface area contributed by atoms with Crippen LogP contribution in [0.3, 0.4) is 0 Å². The highest BCUT2D eigenvalue weighted by Gasteiger charge is 2.27. The lowest BCUT2D eigenvalue weighted by molar-refractivity contribution is -0.119. The Kier molecular flexibility index (Phi) is 9.36. The van der Waals surface area contributed by atoms with E-state index in [1.165, 1.54) is 0 Å². The monoisotopic (exact) mass is 501 g/mol. The number of amides is 2. The number of halogens is 1. The van der Waals surface area contributed by atoms with Crippen LogP contribution in [0.4, 0.5) is 5.69 Å². The number of carbonyl (C=O) groups excluding carboxylic acids is 2. The molecule has 0 saturated heterocycles. The summed E-state index contributed by atoms with van der Waals surface area (Å²) in [6.45, 7) is 15.7. The molecule has 0 saturated carbocycles. The number of benzene rings is 1. The Morgan fingerprint density at radius 1 is 0.971 bits per heavy atom. The van der Waals surface area contributed by atoms with Crippen LogP contribution in [0, 0.1) is 5.92 Å². The van der Waals surface area contributed by atoms with Gasteiger partial charge in [0.05, 0.1) is 5.69 Å². The number of carbonyl (C=O) groups is 2. The third-order valence-electron chi connectivity index (χ3n) is 6.46. The summed E-state index contributed by atoms with van der Waals surface area (Å²) >= 11 is 6.41. The van der Waals surface area contributed by atoms with E-state index in [9.17, 15) is 9.59 Å². The Morgan fingerprint density at radius 3 is 2.37 bits per heavy atom. The fraction of sp³-hybridized carbons (Fsp3) is 0.593. The number of anilines is 1. The maximum atomic E-state index is 13.8. The maximum Gasteiger partial charge on any atom is 0.272 e. The predicted octanol–water partition coefficient (Wildman–Crippen LogP) is 5.25. The summed E-state index contributed by atoms with van der Waals surface area (Å²) in [5.74, 6) is 0.291. The average Bonchev–Trinajstić information content (AvgIpc) is 3.26. The van der Waals surface area contributed by atoms with Crippen LogP contribution in [0.5, 0.6) is 0 Å². The molecule has 0 unspecified atom stereocenters. The standard InChI is InChI=1S/C27H40ClN5O2/c1-19(2)16-26(34)32-13-7-12-30(20(3)4)14-15-31(18-22-8-9-23(28)17-25(22)32)27(35)24-10-11-29-33(24)21(5)6/h8-11,17,19-21H,7,12-16,18H2,1-6H3. The zero-order valence-electron chi connectivity index (χ0n) is 22.0. The van der Waals surface area contributed by atoms with Gasteiger partial charge >= 0.3 is 0 Å². The number of aromatic nitrogens is 2. The van der Waals surface area contributed by atoms with Gasteiger partial charge in [0, 0.05) is 62.4 Å². The minimum Gasteiger partial charge on any atom is -0.332 e. The van der Waals surface area contributed by atoms with Gasteiger partial charge in [0.25, 0.3) is 5.91 Å². The molecule has 1 aromatic carbocycles. The topological polar surface area (TPSA) is 61.7 Å². The first kappa shape index (κ1) is 27.2. The minimum absolute atomic E-state index is 0.0555. The van der Waals surface area contributed by atoms with Crippen LogP contribution in [-0.4, -0.2) is 63.6 Å². The van der Waals surface area contributed by atoms with Crippen molar-refractivity contribution in [2.24, 2.45) is 5.92 Å². The first-order valence-corrected chi connectivity index (χ1v) is 13.1. The molecule has 192 valence electrons. The molecule has 1 aliphatic rings. The molecule has 2 amide bonds. The van der Waals surface area contributed by atoms with Crippen molar-refractivity contribution >= 4 is 29.1 Å². The third kappa shape index (κ3) is 6.85. The van der Waals surface area contributed by atoms with Gasteiger partial charge in [-0.1, -0.05) is 31.5 Å². The molecule has 0 bridgehead atoms. The zero-order chi connectivity index (χ0) is 25.7. The van der Waals surface area contributed by atoms with Crippen molar-refractivity contribution in [1.82, 2.24) is 19.6 Å². The molecular weight excluding hydrogens is 462 g/mol.